The Balaban J connectivity index is 1.47. The van der Waals surface area contributed by atoms with Gasteiger partial charge in [0.1, 0.15) is 12.2 Å². The van der Waals surface area contributed by atoms with Crippen molar-refractivity contribution in [2.75, 3.05) is 0 Å². The Morgan fingerprint density at radius 2 is 1.88 bits per heavy atom. The van der Waals surface area contributed by atoms with Gasteiger partial charge in [0.25, 0.3) is 0 Å². The van der Waals surface area contributed by atoms with Crippen LogP contribution in [0.1, 0.15) is 32.1 Å². The third kappa shape index (κ3) is 1.51. The molecule has 1 saturated heterocycles. The van der Waals surface area contributed by atoms with E-state index in [1.165, 1.54) is 19.3 Å². The molecule has 0 spiro atoms. The topological polar surface area (TPSA) is 35.5 Å². The van der Waals surface area contributed by atoms with Gasteiger partial charge < -0.3 is 9.47 Å². The smallest absolute Gasteiger partial charge is 0.427 e. The lowest BCUT2D eigenvalue weighted by atomic mass is 9.73. The van der Waals surface area contributed by atoms with Crippen molar-refractivity contribution < 1.29 is 14.3 Å². The van der Waals surface area contributed by atoms with Crippen LogP contribution >= 0.6 is 0 Å². The van der Waals surface area contributed by atoms with E-state index in [9.17, 15) is 4.79 Å². The molecule has 6 unspecified atom stereocenters. The molecule has 4 aliphatic rings. The largest absolute Gasteiger partial charge is 0.509 e. The lowest BCUT2D eigenvalue weighted by molar-refractivity contribution is 0.0561. The number of rotatable bonds is 1. The van der Waals surface area contributed by atoms with Crippen molar-refractivity contribution in [3.63, 3.8) is 0 Å². The van der Waals surface area contributed by atoms with Gasteiger partial charge in [-0.25, -0.2) is 4.79 Å². The molecule has 1 heterocycles. The standard InChI is InChI=1S/C14H18O3/c15-14-16-12-4-3-10(7-13(12)17-14)11-6-8-1-2-9(11)5-8/h1-2,8-13H,3-7H2. The van der Waals surface area contributed by atoms with Crippen molar-refractivity contribution >= 4 is 6.16 Å². The van der Waals surface area contributed by atoms with Crippen LogP contribution in [-0.4, -0.2) is 18.4 Å². The molecule has 4 rings (SSSR count). The Kier molecular flexibility index (Phi) is 2.06. The molecule has 3 heteroatoms. The molecule has 6 atom stereocenters. The first-order valence-electron chi connectivity index (χ1n) is 6.85. The number of allylic oxidation sites excluding steroid dienone is 2. The molecule has 2 saturated carbocycles. The Morgan fingerprint density at radius 3 is 2.65 bits per heavy atom. The quantitative estimate of drug-likeness (QED) is 0.517. The molecule has 0 N–H and O–H groups in total. The van der Waals surface area contributed by atoms with E-state index in [1.807, 2.05) is 0 Å². The zero-order valence-corrected chi connectivity index (χ0v) is 9.88. The summed E-state index contributed by atoms with van der Waals surface area (Å²) in [6.45, 7) is 0. The van der Waals surface area contributed by atoms with Crippen LogP contribution in [0.15, 0.2) is 12.2 Å². The minimum absolute atomic E-state index is 0.0457. The zero-order chi connectivity index (χ0) is 11.4. The predicted octanol–water partition coefficient (Wildman–Crippen LogP) is 2.90. The normalized spacial score (nSPS) is 51.2. The number of fused-ring (bicyclic) bond motifs is 3. The van der Waals surface area contributed by atoms with Gasteiger partial charge in [0.05, 0.1) is 0 Å². The fraction of sp³-hybridized carbons (Fsp3) is 0.786. The number of carbonyl (C=O) groups is 1. The second-order valence-electron chi connectivity index (χ2n) is 6.08. The minimum Gasteiger partial charge on any atom is -0.427 e. The van der Waals surface area contributed by atoms with Gasteiger partial charge in [0.15, 0.2) is 0 Å². The summed E-state index contributed by atoms with van der Waals surface area (Å²) >= 11 is 0. The number of hydrogen-bond donors (Lipinski definition) is 0. The number of hydrogen-bond acceptors (Lipinski definition) is 3. The lowest BCUT2D eigenvalue weighted by Gasteiger charge is -2.34. The summed E-state index contributed by atoms with van der Waals surface area (Å²) in [6.07, 6.45) is 10.4. The Hall–Kier alpha value is -0.990. The molecule has 0 aromatic heterocycles. The Bertz CT molecular complexity index is 376. The second-order valence-corrected chi connectivity index (χ2v) is 6.08. The highest BCUT2D eigenvalue weighted by Gasteiger charge is 2.47. The van der Waals surface area contributed by atoms with Gasteiger partial charge in [-0.2, -0.15) is 0 Å². The van der Waals surface area contributed by atoms with Crippen molar-refractivity contribution in [1.29, 1.82) is 0 Å². The monoisotopic (exact) mass is 234 g/mol. The van der Waals surface area contributed by atoms with E-state index in [4.69, 9.17) is 9.47 Å². The molecule has 92 valence electrons. The van der Waals surface area contributed by atoms with E-state index in [0.29, 0.717) is 0 Å². The molecule has 0 aromatic carbocycles. The Morgan fingerprint density at radius 1 is 1.00 bits per heavy atom. The first-order chi connectivity index (χ1) is 8.29. The van der Waals surface area contributed by atoms with Crippen LogP contribution in [0.3, 0.4) is 0 Å². The van der Waals surface area contributed by atoms with E-state index in [1.54, 1.807) is 0 Å². The third-order valence-corrected chi connectivity index (χ3v) is 5.20. The van der Waals surface area contributed by atoms with Crippen LogP contribution in [0.25, 0.3) is 0 Å². The van der Waals surface area contributed by atoms with Crippen molar-refractivity contribution in [2.24, 2.45) is 23.7 Å². The molecule has 17 heavy (non-hydrogen) atoms. The first-order valence-corrected chi connectivity index (χ1v) is 6.85. The molecule has 3 fully saturated rings. The fourth-order valence-electron chi connectivity index (χ4n) is 4.42. The SMILES string of the molecule is O=C1OC2CCC(C3CC4C=CC3C4)CC2O1. The van der Waals surface area contributed by atoms with Crippen molar-refractivity contribution in [1.82, 2.24) is 0 Å². The average molecular weight is 234 g/mol. The summed E-state index contributed by atoms with van der Waals surface area (Å²) < 4.78 is 10.4. The van der Waals surface area contributed by atoms with Crippen molar-refractivity contribution in [2.45, 2.75) is 44.3 Å². The highest BCUT2D eigenvalue weighted by atomic mass is 16.8. The maximum Gasteiger partial charge on any atom is 0.509 e. The zero-order valence-electron chi connectivity index (χ0n) is 9.88. The van der Waals surface area contributed by atoms with Gasteiger partial charge in [-0.15, -0.1) is 0 Å². The summed E-state index contributed by atoms with van der Waals surface area (Å²) in [6, 6.07) is 0. The highest BCUT2D eigenvalue weighted by molar-refractivity contribution is 5.62. The third-order valence-electron chi connectivity index (χ3n) is 5.20. The van der Waals surface area contributed by atoms with Crippen LogP contribution in [0, 0.1) is 23.7 Å². The second kappa shape index (κ2) is 3.50. The van der Waals surface area contributed by atoms with E-state index in [2.05, 4.69) is 12.2 Å². The molecule has 0 aromatic rings. The van der Waals surface area contributed by atoms with Gasteiger partial charge in [-0.3, -0.25) is 0 Å². The summed E-state index contributed by atoms with van der Waals surface area (Å²) in [5, 5.41) is 0. The summed E-state index contributed by atoms with van der Waals surface area (Å²) in [5.41, 5.74) is 0. The van der Waals surface area contributed by atoms with E-state index in [0.717, 1.165) is 36.5 Å². The van der Waals surface area contributed by atoms with Crippen molar-refractivity contribution in [3.05, 3.63) is 12.2 Å². The van der Waals surface area contributed by atoms with Crippen LogP contribution in [0.4, 0.5) is 4.79 Å². The van der Waals surface area contributed by atoms with Crippen LogP contribution in [0.2, 0.25) is 0 Å². The molecule has 1 aliphatic heterocycles. The van der Waals surface area contributed by atoms with E-state index >= 15 is 0 Å². The van der Waals surface area contributed by atoms with Gasteiger partial charge >= 0.3 is 6.16 Å². The van der Waals surface area contributed by atoms with Crippen LogP contribution in [0.5, 0.6) is 0 Å². The summed E-state index contributed by atoms with van der Waals surface area (Å²) in [7, 11) is 0. The molecule has 0 radical (unpaired) electrons. The molecule has 3 nitrogen and oxygen atoms in total. The average Bonchev–Trinajstić information content (AvgIpc) is 3.00. The van der Waals surface area contributed by atoms with Gasteiger partial charge in [-0.1, -0.05) is 12.2 Å². The Labute approximate surface area is 101 Å². The maximum atomic E-state index is 11.1. The molecular weight excluding hydrogens is 216 g/mol. The minimum atomic E-state index is -0.450. The fourth-order valence-corrected chi connectivity index (χ4v) is 4.42. The van der Waals surface area contributed by atoms with Crippen LogP contribution < -0.4 is 0 Å². The van der Waals surface area contributed by atoms with E-state index in [-0.39, 0.29) is 12.2 Å². The van der Waals surface area contributed by atoms with Gasteiger partial charge in [0, 0.05) is 0 Å². The summed E-state index contributed by atoms with van der Waals surface area (Å²) in [4.78, 5) is 11.1. The van der Waals surface area contributed by atoms with E-state index < -0.39 is 6.16 Å². The lowest BCUT2D eigenvalue weighted by Crippen LogP contribution is -2.35. The predicted molar refractivity (Wildman–Crippen MR) is 61.3 cm³/mol. The molecular formula is C14H18O3. The number of ether oxygens (including phenoxy) is 2. The van der Waals surface area contributed by atoms with Crippen LogP contribution in [-0.2, 0) is 9.47 Å². The maximum absolute atomic E-state index is 11.1. The van der Waals surface area contributed by atoms with Gasteiger partial charge in [0.2, 0.25) is 0 Å². The molecule has 0 amide bonds. The van der Waals surface area contributed by atoms with Gasteiger partial charge in [-0.05, 0) is 55.8 Å². The van der Waals surface area contributed by atoms with Crippen molar-refractivity contribution in [3.8, 4) is 0 Å². The highest BCUT2D eigenvalue weighted by Crippen LogP contribution is 2.50. The molecule has 2 bridgehead atoms. The number of carbonyl (C=O) groups excluding carboxylic acids is 1. The summed E-state index contributed by atoms with van der Waals surface area (Å²) in [5.74, 6) is 3.22. The molecule has 3 aliphatic carbocycles. The first kappa shape index (κ1) is 9.98.